The average Bonchev–Trinajstić information content (AvgIpc) is 3.07. The first-order chi connectivity index (χ1) is 16.0. The number of unbranched alkanes of at least 4 members (excludes halogenated alkanes) is 1. The third kappa shape index (κ3) is 4.93. The number of ether oxygens (including phenoxy) is 1. The van der Waals surface area contributed by atoms with Crippen molar-refractivity contribution < 1.29 is 18.6 Å². The summed E-state index contributed by atoms with van der Waals surface area (Å²) in [6.07, 6.45) is 2.56. The molecule has 5 heteroatoms. The molecule has 3 aromatic carbocycles. The van der Waals surface area contributed by atoms with E-state index in [-0.39, 0.29) is 18.2 Å². The van der Waals surface area contributed by atoms with Gasteiger partial charge in [0.1, 0.15) is 11.6 Å². The van der Waals surface area contributed by atoms with E-state index < -0.39 is 0 Å². The lowest BCUT2D eigenvalue weighted by Crippen LogP contribution is -2.04. The zero-order valence-electron chi connectivity index (χ0n) is 19.1. The Bertz CT molecular complexity index is 1250. The molecule has 1 N–H and O–H groups in total. The predicted molar refractivity (Wildman–Crippen MR) is 129 cm³/mol. The van der Waals surface area contributed by atoms with Gasteiger partial charge in [0.05, 0.1) is 17.8 Å². The molecule has 4 rings (SSSR count). The van der Waals surface area contributed by atoms with Crippen LogP contribution >= 0.6 is 0 Å². The van der Waals surface area contributed by atoms with Crippen LogP contribution in [0, 0.1) is 18.6 Å². The van der Waals surface area contributed by atoms with Gasteiger partial charge >= 0.3 is 0 Å². The smallest absolute Gasteiger partial charge is 0.156 e. The van der Waals surface area contributed by atoms with Crippen molar-refractivity contribution in [2.75, 3.05) is 13.2 Å². The molecule has 0 saturated carbocycles. The Labute approximate surface area is 193 Å². The van der Waals surface area contributed by atoms with Gasteiger partial charge in [-0.1, -0.05) is 37.6 Å². The lowest BCUT2D eigenvalue weighted by atomic mass is 10.0. The number of benzene rings is 3. The van der Waals surface area contributed by atoms with E-state index in [0.717, 1.165) is 29.5 Å². The number of fused-ring (bicyclic) bond motifs is 1. The molecular formula is C28H29F2NO2. The van der Waals surface area contributed by atoms with Gasteiger partial charge in [-0.05, 0) is 72.9 Å². The van der Waals surface area contributed by atoms with E-state index in [1.165, 1.54) is 12.1 Å². The molecule has 0 aliphatic carbocycles. The molecule has 0 aliphatic heterocycles. The molecule has 0 unspecified atom stereocenters. The summed E-state index contributed by atoms with van der Waals surface area (Å²) in [5, 5.41) is 9.65. The number of nitrogens with zero attached hydrogens (tertiary/aromatic N) is 1. The van der Waals surface area contributed by atoms with Crippen molar-refractivity contribution in [2.45, 2.75) is 39.7 Å². The molecular weight excluding hydrogens is 420 g/mol. The van der Waals surface area contributed by atoms with Gasteiger partial charge < -0.3 is 14.4 Å². The zero-order chi connectivity index (χ0) is 23.4. The molecule has 3 nitrogen and oxygen atoms in total. The van der Waals surface area contributed by atoms with Crippen molar-refractivity contribution in [3.63, 3.8) is 0 Å². The second-order valence-corrected chi connectivity index (χ2v) is 8.38. The largest absolute Gasteiger partial charge is 0.494 e. The first-order valence-electron chi connectivity index (χ1n) is 11.4. The predicted octanol–water partition coefficient (Wildman–Crippen LogP) is 6.66. The van der Waals surface area contributed by atoms with Crippen LogP contribution in [0.1, 0.15) is 36.5 Å². The third-order valence-electron chi connectivity index (χ3n) is 5.95. The normalized spacial score (nSPS) is 11.3. The molecule has 0 radical (unpaired) electrons. The van der Waals surface area contributed by atoms with Crippen LogP contribution < -0.4 is 4.74 Å². The Morgan fingerprint density at radius 3 is 2.39 bits per heavy atom. The molecule has 0 amide bonds. The highest BCUT2D eigenvalue weighted by Gasteiger charge is 2.21. The summed E-state index contributed by atoms with van der Waals surface area (Å²) in [4.78, 5) is 0. The van der Waals surface area contributed by atoms with Crippen LogP contribution in [0.3, 0.4) is 0 Å². The SMILES string of the molecule is CCCCOc1ccc2c(c1)c(F)c(-c1ccc(F)cc1C)n2Cc1ccc(CCO)cc1. The molecule has 1 aromatic heterocycles. The summed E-state index contributed by atoms with van der Waals surface area (Å²) in [7, 11) is 0. The van der Waals surface area contributed by atoms with E-state index in [2.05, 4.69) is 6.92 Å². The molecule has 0 spiro atoms. The van der Waals surface area contributed by atoms with Crippen molar-refractivity contribution in [3.05, 3.63) is 89.0 Å². The third-order valence-corrected chi connectivity index (χ3v) is 5.95. The molecule has 172 valence electrons. The van der Waals surface area contributed by atoms with Gasteiger partial charge in [-0.15, -0.1) is 0 Å². The van der Waals surface area contributed by atoms with Gasteiger partial charge in [0.15, 0.2) is 5.82 Å². The zero-order valence-corrected chi connectivity index (χ0v) is 19.1. The van der Waals surface area contributed by atoms with Crippen LogP contribution in [0.15, 0.2) is 60.7 Å². The highest BCUT2D eigenvalue weighted by molar-refractivity contribution is 5.89. The Morgan fingerprint density at radius 2 is 1.70 bits per heavy atom. The van der Waals surface area contributed by atoms with Crippen molar-refractivity contribution in [3.8, 4) is 17.0 Å². The Kier molecular flexibility index (Phi) is 7.09. The quantitative estimate of drug-likeness (QED) is 0.290. The van der Waals surface area contributed by atoms with Gasteiger partial charge in [-0.2, -0.15) is 0 Å². The fourth-order valence-corrected chi connectivity index (χ4v) is 4.16. The summed E-state index contributed by atoms with van der Waals surface area (Å²) in [6.45, 7) is 5.04. The number of aryl methyl sites for hydroxylation is 1. The van der Waals surface area contributed by atoms with Gasteiger partial charge in [-0.3, -0.25) is 0 Å². The summed E-state index contributed by atoms with van der Waals surface area (Å²) in [6, 6.07) is 17.9. The molecule has 4 aromatic rings. The topological polar surface area (TPSA) is 34.4 Å². The number of hydrogen-bond acceptors (Lipinski definition) is 2. The van der Waals surface area contributed by atoms with Crippen LogP contribution in [0.4, 0.5) is 8.78 Å². The van der Waals surface area contributed by atoms with Crippen molar-refractivity contribution >= 4 is 10.9 Å². The number of aliphatic hydroxyl groups excluding tert-OH is 1. The molecule has 0 atom stereocenters. The number of halogens is 2. The molecule has 0 fully saturated rings. The molecule has 0 saturated heterocycles. The van der Waals surface area contributed by atoms with E-state index in [9.17, 15) is 4.39 Å². The second-order valence-electron chi connectivity index (χ2n) is 8.38. The fraction of sp³-hybridized carbons (Fsp3) is 0.286. The number of aliphatic hydroxyl groups is 1. The van der Waals surface area contributed by atoms with Gasteiger partial charge in [0.2, 0.25) is 0 Å². The molecule has 1 heterocycles. The Hall–Kier alpha value is -3.18. The lowest BCUT2D eigenvalue weighted by Gasteiger charge is -2.14. The van der Waals surface area contributed by atoms with E-state index in [1.807, 2.05) is 41.0 Å². The van der Waals surface area contributed by atoms with Gasteiger partial charge in [0.25, 0.3) is 0 Å². The Morgan fingerprint density at radius 1 is 0.939 bits per heavy atom. The van der Waals surface area contributed by atoms with Crippen LogP contribution in [0.25, 0.3) is 22.2 Å². The standard InChI is InChI=1S/C28H29F2NO2/c1-3-4-15-33-23-10-12-26-25(17-23)27(30)28(24-11-9-22(29)16-19(24)2)31(26)18-21-7-5-20(6-8-21)13-14-32/h5-12,16-17,32H,3-4,13-15,18H2,1-2H3. The highest BCUT2D eigenvalue weighted by atomic mass is 19.1. The number of hydrogen-bond donors (Lipinski definition) is 1. The summed E-state index contributed by atoms with van der Waals surface area (Å²) in [5.41, 5.74) is 4.60. The van der Waals surface area contributed by atoms with Crippen molar-refractivity contribution in [1.82, 2.24) is 4.57 Å². The van der Waals surface area contributed by atoms with Gasteiger partial charge in [0, 0.05) is 24.1 Å². The highest BCUT2D eigenvalue weighted by Crippen LogP contribution is 2.36. The summed E-state index contributed by atoms with van der Waals surface area (Å²) in [5.74, 6) is -0.0364. The van der Waals surface area contributed by atoms with E-state index in [1.54, 1.807) is 19.1 Å². The van der Waals surface area contributed by atoms with Crippen molar-refractivity contribution in [1.29, 1.82) is 0 Å². The van der Waals surface area contributed by atoms with E-state index in [0.29, 0.717) is 47.5 Å². The van der Waals surface area contributed by atoms with Crippen LogP contribution in [0.2, 0.25) is 0 Å². The minimum absolute atomic E-state index is 0.101. The second kappa shape index (κ2) is 10.2. The van der Waals surface area contributed by atoms with Crippen LogP contribution in [0.5, 0.6) is 5.75 Å². The van der Waals surface area contributed by atoms with Crippen molar-refractivity contribution in [2.24, 2.45) is 0 Å². The number of aromatic nitrogens is 1. The minimum atomic E-state index is -0.342. The maximum Gasteiger partial charge on any atom is 0.156 e. The maximum atomic E-state index is 15.9. The molecule has 33 heavy (non-hydrogen) atoms. The van der Waals surface area contributed by atoms with E-state index in [4.69, 9.17) is 9.84 Å². The molecule has 0 aliphatic rings. The lowest BCUT2D eigenvalue weighted by molar-refractivity contribution is 0.299. The summed E-state index contributed by atoms with van der Waals surface area (Å²) < 4.78 is 37.4. The minimum Gasteiger partial charge on any atom is -0.494 e. The van der Waals surface area contributed by atoms with Crippen LogP contribution in [-0.2, 0) is 13.0 Å². The first kappa shape index (κ1) is 23.0. The monoisotopic (exact) mass is 449 g/mol. The molecule has 0 bridgehead atoms. The number of rotatable bonds is 9. The van der Waals surface area contributed by atoms with Gasteiger partial charge in [-0.25, -0.2) is 8.78 Å². The summed E-state index contributed by atoms with van der Waals surface area (Å²) >= 11 is 0. The van der Waals surface area contributed by atoms with E-state index >= 15 is 4.39 Å². The first-order valence-corrected chi connectivity index (χ1v) is 11.4. The average molecular weight is 450 g/mol. The maximum absolute atomic E-state index is 15.9. The fourth-order valence-electron chi connectivity index (χ4n) is 4.16. The Balaban J connectivity index is 1.82. The van der Waals surface area contributed by atoms with Crippen LogP contribution in [-0.4, -0.2) is 22.9 Å².